The highest BCUT2D eigenvalue weighted by molar-refractivity contribution is 9.09. The average Bonchev–Trinajstić information content (AvgIpc) is 2.01. The van der Waals surface area contributed by atoms with Gasteiger partial charge in [0.25, 0.3) is 0 Å². The van der Waals surface area contributed by atoms with Gasteiger partial charge in [0, 0.05) is 10.4 Å². The molecule has 0 aliphatic rings. The van der Waals surface area contributed by atoms with E-state index in [-0.39, 0.29) is 10.2 Å². The first-order valence-corrected chi connectivity index (χ1v) is 5.72. The van der Waals surface area contributed by atoms with Gasteiger partial charge in [-0.3, -0.25) is 0 Å². The lowest BCUT2D eigenvalue weighted by Gasteiger charge is -2.22. The van der Waals surface area contributed by atoms with Crippen molar-refractivity contribution in [1.29, 1.82) is 0 Å². The summed E-state index contributed by atoms with van der Waals surface area (Å²) in [5.74, 6) is 0.421. The van der Waals surface area contributed by atoms with Crippen molar-refractivity contribution in [3.63, 3.8) is 0 Å². The first-order chi connectivity index (χ1) is 6.34. The third-order valence-corrected chi connectivity index (χ3v) is 2.80. The molecule has 0 aromatic heterocycles. The molecule has 0 radical (unpaired) electrons. The molecule has 0 aliphatic heterocycles. The van der Waals surface area contributed by atoms with E-state index >= 15 is 0 Å². The Morgan fingerprint density at radius 3 is 2.29 bits per heavy atom. The van der Waals surface area contributed by atoms with E-state index < -0.39 is 0 Å². The van der Waals surface area contributed by atoms with Crippen molar-refractivity contribution in [3.05, 3.63) is 29.3 Å². The summed E-state index contributed by atoms with van der Waals surface area (Å²) in [6.07, 6.45) is 0. The van der Waals surface area contributed by atoms with E-state index in [2.05, 4.69) is 36.7 Å². The minimum Gasteiger partial charge on any atom is -0.507 e. The maximum absolute atomic E-state index is 10.1. The van der Waals surface area contributed by atoms with E-state index in [1.54, 1.807) is 0 Å². The van der Waals surface area contributed by atoms with Gasteiger partial charge in [0.1, 0.15) is 5.75 Å². The number of rotatable bonds is 1. The number of benzene rings is 1. The van der Waals surface area contributed by atoms with Gasteiger partial charge in [-0.25, -0.2) is 0 Å². The molecule has 0 spiro atoms. The van der Waals surface area contributed by atoms with Gasteiger partial charge in [0.2, 0.25) is 0 Å². The van der Waals surface area contributed by atoms with Crippen LogP contribution in [-0.2, 0) is 5.41 Å². The third kappa shape index (κ3) is 2.30. The van der Waals surface area contributed by atoms with Gasteiger partial charge in [0.15, 0.2) is 0 Å². The summed E-state index contributed by atoms with van der Waals surface area (Å²) < 4.78 is 0. The Kier molecular flexibility index (Phi) is 3.25. The molecule has 1 nitrogen and oxygen atoms in total. The molecule has 0 fully saturated rings. The molecule has 1 aromatic rings. The number of halogens is 1. The van der Waals surface area contributed by atoms with Gasteiger partial charge < -0.3 is 5.11 Å². The number of hydrogen-bond donors (Lipinski definition) is 1. The minimum absolute atomic E-state index is 0.0119. The van der Waals surface area contributed by atoms with Crippen molar-refractivity contribution < 1.29 is 5.11 Å². The summed E-state index contributed by atoms with van der Waals surface area (Å²) in [4.78, 5) is 0.185. The zero-order valence-corrected chi connectivity index (χ0v) is 10.7. The fourth-order valence-corrected chi connectivity index (χ4v) is 1.86. The Bertz CT molecular complexity index is 324. The zero-order chi connectivity index (χ0) is 10.9. The Morgan fingerprint density at radius 1 is 1.29 bits per heavy atom. The molecule has 0 bridgehead atoms. The number of phenols is 1. The van der Waals surface area contributed by atoms with Crippen LogP contribution in [0.4, 0.5) is 0 Å². The van der Waals surface area contributed by atoms with Gasteiger partial charge in [0.05, 0.1) is 0 Å². The molecule has 0 amide bonds. The average molecular weight is 257 g/mol. The molecular formula is C12H17BrO. The maximum Gasteiger partial charge on any atom is 0.123 e. The van der Waals surface area contributed by atoms with Crippen LogP contribution in [0.5, 0.6) is 5.75 Å². The molecule has 1 aromatic carbocycles. The van der Waals surface area contributed by atoms with Crippen molar-refractivity contribution >= 4 is 15.9 Å². The minimum atomic E-state index is -0.0119. The van der Waals surface area contributed by atoms with E-state index in [0.717, 1.165) is 11.1 Å². The molecule has 0 heterocycles. The lowest BCUT2D eigenvalue weighted by molar-refractivity contribution is 0.441. The predicted octanol–water partition coefficient (Wildman–Crippen LogP) is 4.15. The molecule has 1 unspecified atom stereocenters. The summed E-state index contributed by atoms with van der Waals surface area (Å²) in [7, 11) is 0. The lowest BCUT2D eigenvalue weighted by Crippen LogP contribution is -2.11. The monoisotopic (exact) mass is 256 g/mol. The van der Waals surface area contributed by atoms with E-state index in [1.165, 1.54) is 0 Å². The quantitative estimate of drug-likeness (QED) is 0.749. The number of aromatic hydroxyl groups is 1. The van der Waals surface area contributed by atoms with Crippen molar-refractivity contribution in [3.8, 4) is 5.75 Å². The summed E-state index contributed by atoms with van der Waals surface area (Å²) in [6.45, 7) is 8.32. The summed E-state index contributed by atoms with van der Waals surface area (Å²) in [5, 5.41) is 10.1. The second-order valence-corrected chi connectivity index (χ2v) is 5.98. The van der Waals surface area contributed by atoms with Gasteiger partial charge in [-0.05, 0) is 17.9 Å². The second-order valence-electron chi connectivity index (χ2n) is 4.61. The number of hydrogen-bond acceptors (Lipinski definition) is 1. The fraction of sp³-hybridized carbons (Fsp3) is 0.500. The SMILES string of the molecule is CC(Br)c1cccc(C(C)(C)C)c1O. The normalized spacial score (nSPS) is 14.1. The Labute approximate surface area is 94.3 Å². The van der Waals surface area contributed by atoms with Gasteiger partial charge in [-0.1, -0.05) is 54.9 Å². The summed E-state index contributed by atoms with van der Waals surface area (Å²) >= 11 is 3.47. The first kappa shape index (κ1) is 11.6. The van der Waals surface area contributed by atoms with Crippen molar-refractivity contribution in [2.45, 2.75) is 37.9 Å². The van der Waals surface area contributed by atoms with Crippen LogP contribution in [0.2, 0.25) is 0 Å². The van der Waals surface area contributed by atoms with Gasteiger partial charge in [-0.15, -0.1) is 0 Å². The number of phenolic OH excluding ortho intramolecular Hbond substituents is 1. The third-order valence-electron chi connectivity index (χ3n) is 2.30. The smallest absolute Gasteiger partial charge is 0.123 e. The largest absolute Gasteiger partial charge is 0.507 e. The van der Waals surface area contributed by atoms with Gasteiger partial charge >= 0.3 is 0 Å². The summed E-state index contributed by atoms with van der Waals surface area (Å²) in [5.41, 5.74) is 1.95. The molecule has 0 aliphatic carbocycles. The highest BCUT2D eigenvalue weighted by Crippen LogP contribution is 2.37. The highest BCUT2D eigenvalue weighted by Gasteiger charge is 2.20. The van der Waals surface area contributed by atoms with Crippen LogP contribution in [0.1, 0.15) is 43.6 Å². The Morgan fingerprint density at radius 2 is 1.86 bits per heavy atom. The molecule has 1 rings (SSSR count). The molecule has 2 heteroatoms. The molecular weight excluding hydrogens is 240 g/mol. The first-order valence-electron chi connectivity index (χ1n) is 4.80. The van der Waals surface area contributed by atoms with Crippen LogP contribution >= 0.6 is 15.9 Å². The van der Waals surface area contributed by atoms with Crippen LogP contribution < -0.4 is 0 Å². The van der Waals surface area contributed by atoms with Crippen LogP contribution in [-0.4, -0.2) is 5.11 Å². The van der Waals surface area contributed by atoms with Crippen molar-refractivity contribution in [2.75, 3.05) is 0 Å². The van der Waals surface area contributed by atoms with Crippen LogP contribution in [0.3, 0.4) is 0 Å². The maximum atomic E-state index is 10.1. The summed E-state index contributed by atoms with van der Waals surface area (Å²) in [6, 6.07) is 5.92. The molecule has 1 atom stereocenters. The number of para-hydroxylation sites is 1. The second kappa shape index (κ2) is 3.93. The Hall–Kier alpha value is -0.500. The highest BCUT2D eigenvalue weighted by atomic mass is 79.9. The number of alkyl halides is 1. The predicted molar refractivity (Wildman–Crippen MR) is 64.1 cm³/mol. The molecule has 0 saturated heterocycles. The van der Waals surface area contributed by atoms with E-state index in [9.17, 15) is 5.11 Å². The fourth-order valence-electron chi connectivity index (χ4n) is 1.49. The van der Waals surface area contributed by atoms with Crippen LogP contribution in [0.25, 0.3) is 0 Å². The van der Waals surface area contributed by atoms with Crippen molar-refractivity contribution in [1.82, 2.24) is 0 Å². The van der Waals surface area contributed by atoms with E-state index in [1.807, 2.05) is 25.1 Å². The molecule has 78 valence electrons. The molecule has 0 saturated carbocycles. The molecule has 1 N–H and O–H groups in total. The van der Waals surface area contributed by atoms with Crippen LogP contribution in [0.15, 0.2) is 18.2 Å². The standard InChI is InChI=1S/C12H17BrO/c1-8(13)9-6-5-7-10(11(9)14)12(2,3)4/h5-8,14H,1-4H3. The Balaban J connectivity index is 3.28. The zero-order valence-electron chi connectivity index (χ0n) is 9.13. The lowest BCUT2D eigenvalue weighted by atomic mass is 9.85. The van der Waals surface area contributed by atoms with E-state index in [4.69, 9.17) is 0 Å². The topological polar surface area (TPSA) is 20.2 Å². The molecule has 14 heavy (non-hydrogen) atoms. The van der Waals surface area contributed by atoms with E-state index in [0.29, 0.717) is 5.75 Å². The van der Waals surface area contributed by atoms with Crippen molar-refractivity contribution in [2.24, 2.45) is 0 Å². The van der Waals surface area contributed by atoms with Gasteiger partial charge in [-0.2, -0.15) is 0 Å². The van der Waals surface area contributed by atoms with Crippen LogP contribution in [0, 0.1) is 0 Å².